The minimum atomic E-state index is 0.625. The summed E-state index contributed by atoms with van der Waals surface area (Å²) in [6.45, 7) is 0.773. The molecule has 0 aliphatic heterocycles. The summed E-state index contributed by atoms with van der Waals surface area (Å²) in [6.07, 6.45) is 4.21. The fraction of sp³-hybridized carbons (Fsp3) is 0.182. The molecule has 1 N–H and O–H groups in total. The second-order valence-electron chi connectivity index (χ2n) is 3.14. The van der Waals surface area contributed by atoms with Gasteiger partial charge < -0.3 is 5.32 Å². The Morgan fingerprint density at radius 1 is 1.38 bits per heavy atom. The van der Waals surface area contributed by atoms with Crippen LogP contribution in [0.25, 0.3) is 0 Å². The molecule has 2 aromatic heterocycles. The molecular formula is C11H10N4S. The van der Waals surface area contributed by atoms with Gasteiger partial charge in [0.05, 0.1) is 6.20 Å². The van der Waals surface area contributed by atoms with E-state index in [9.17, 15) is 0 Å². The molecule has 0 aliphatic rings. The summed E-state index contributed by atoms with van der Waals surface area (Å²) in [5.74, 6) is 0. The number of anilines is 1. The van der Waals surface area contributed by atoms with Gasteiger partial charge in [0.25, 0.3) is 0 Å². The van der Waals surface area contributed by atoms with Crippen LogP contribution in [0.3, 0.4) is 0 Å². The van der Waals surface area contributed by atoms with Gasteiger partial charge in [0, 0.05) is 24.9 Å². The molecule has 0 unspecified atom stereocenters. The Balaban J connectivity index is 1.83. The molecule has 0 bridgehead atoms. The van der Waals surface area contributed by atoms with Crippen LogP contribution in [-0.2, 0) is 6.42 Å². The molecule has 0 amide bonds. The van der Waals surface area contributed by atoms with Crippen molar-refractivity contribution in [2.24, 2.45) is 0 Å². The van der Waals surface area contributed by atoms with E-state index in [1.165, 1.54) is 11.3 Å². The molecule has 0 spiro atoms. The van der Waals surface area contributed by atoms with Crippen molar-refractivity contribution in [3.8, 4) is 6.07 Å². The SMILES string of the molecule is N#Cc1cnc(NCCc2ccccn2)s1. The first-order valence-electron chi connectivity index (χ1n) is 4.88. The summed E-state index contributed by atoms with van der Waals surface area (Å²) < 4.78 is 0. The lowest BCUT2D eigenvalue weighted by atomic mass is 10.3. The van der Waals surface area contributed by atoms with E-state index in [4.69, 9.17) is 5.26 Å². The Morgan fingerprint density at radius 2 is 2.31 bits per heavy atom. The van der Waals surface area contributed by atoms with Gasteiger partial charge in [-0.2, -0.15) is 5.26 Å². The first-order chi connectivity index (χ1) is 7.88. The van der Waals surface area contributed by atoms with Crippen molar-refractivity contribution in [3.05, 3.63) is 41.2 Å². The smallest absolute Gasteiger partial charge is 0.183 e. The molecule has 2 rings (SSSR count). The lowest BCUT2D eigenvalue weighted by Crippen LogP contribution is -2.05. The molecule has 80 valence electrons. The summed E-state index contributed by atoms with van der Waals surface area (Å²) in [6, 6.07) is 7.92. The Hall–Kier alpha value is -1.93. The minimum absolute atomic E-state index is 0.625. The van der Waals surface area contributed by atoms with Gasteiger partial charge in [-0.15, -0.1) is 0 Å². The standard InChI is InChI=1S/C11H10N4S/c12-7-10-8-15-11(16-10)14-6-4-9-3-1-2-5-13-9/h1-3,5,8H,4,6H2,(H,14,15). The van der Waals surface area contributed by atoms with Gasteiger partial charge in [-0.05, 0) is 12.1 Å². The van der Waals surface area contributed by atoms with Gasteiger partial charge in [0.1, 0.15) is 10.9 Å². The fourth-order valence-electron chi connectivity index (χ4n) is 1.25. The van der Waals surface area contributed by atoms with Crippen LogP contribution in [0.2, 0.25) is 0 Å². The summed E-state index contributed by atoms with van der Waals surface area (Å²) in [7, 11) is 0. The Bertz CT molecular complexity index is 486. The molecule has 0 fully saturated rings. The predicted octanol–water partition coefficient (Wildman–Crippen LogP) is 2.06. The summed E-state index contributed by atoms with van der Waals surface area (Å²) >= 11 is 1.36. The number of rotatable bonds is 4. The fourth-order valence-corrected chi connectivity index (χ4v) is 1.89. The normalized spacial score (nSPS) is 9.69. The van der Waals surface area contributed by atoms with Crippen molar-refractivity contribution in [1.82, 2.24) is 9.97 Å². The van der Waals surface area contributed by atoms with Crippen LogP contribution in [-0.4, -0.2) is 16.5 Å². The van der Waals surface area contributed by atoms with Gasteiger partial charge in [-0.25, -0.2) is 4.98 Å². The maximum atomic E-state index is 8.64. The third-order valence-corrected chi connectivity index (χ3v) is 2.86. The van der Waals surface area contributed by atoms with E-state index in [0.29, 0.717) is 4.88 Å². The van der Waals surface area contributed by atoms with Crippen LogP contribution in [0.4, 0.5) is 5.13 Å². The van der Waals surface area contributed by atoms with Crippen LogP contribution < -0.4 is 5.32 Å². The first-order valence-corrected chi connectivity index (χ1v) is 5.70. The zero-order valence-corrected chi connectivity index (χ0v) is 9.37. The van der Waals surface area contributed by atoms with Gasteiger partial charge in [-0.1, -0.05) is 17.4 Å². The average molecular weight is 230 g/mol. The van der Waals surface area contributed by atoms with E-state index in [0.717, 1.165) is 23.8 Å². The molecule has 4 nitrogen and oxygen atoms in total. The van der Waals surface area contributed by atoms with Crippen molar-refractivity contribution in [3.63, 3.8) is 0 Å². The van der Waals surface area contributed by atoms with Crippen molar-refractivity contribution < 1.29 is 0 Å². The number of pyridine rings is 1. The molecular weight excluding hydrogens is 220 g/mol. The third kappa shape index (κ3) is 2.78. The van der Waals surface area contributed by atoms with Crippen LogP contribution in [0.15, 0.2) is 30.6 Å². The van der Waals surface area contributed by atoms with Crippen molar-refractivity contribution >= 4 is 16.5 Å². The number of nitrogens with one attached hydrogen (secondary N) is 1. The van der Waals surface area contributed by atoms with Crippen LogP contribution >= 0.6 is 11.3 Å². The summed E-state index contributed by atoms with van der Waals surface area (Å²) in [5, 5.41) is 12.6. The first kappa shape index (κ1) is 10.6. The molecule has 2 heterocycles. The van der Waals surface area contributed by atoms with E-state index in [1.54, 1.807) is 12.4 Å². The summed E-state index contributed by atoms with van der Waals surface area (Å²) in [5.41, 5.74) is 1.05. The minimum Gasteiger partial charge on any atom is -0.361 e. The highest BCUT2D eigenvalue weighted by Gasteiger charge is 2.00. The highest BCUT2D eigenvalue weighted by atomic mass is 32.1. The molecule has 0 aliphatic carbocycles. The lowest BCUT2D eigenvalue weighted by Gasteiger charge is -2.01. The quantitative estimate of drug-likeness (QED) is 0.873. The lowest BCUT2D eigenvalue weighted by molar-refractivity contribution is 0.959. The molecule has 5 heteroatoms. The molecule has 0 saturated heterocycles. The molecule has 16 heavy (non-hydrogen) atoms. The van der Waals surface area contributed by atoms with Crippen molar-refractivity contribution in [1.29, 1.82) is 5.26 Å². The van der Waals surface area contributed by atoms with Crippen LogP contribution in [0.5, 0.6) is 0 Å². The number of hydrogen-bond acceptors (Lipinski definition) is 5. The highest BCUT2D eigenvalue weighted by Crippen LogP contribution is 2.16. The molecule has 0 saturated carbocycles. The van der Waals surface area contributed by atoms with Gasteiger partial charge in [0.2, 0.25) is 0 Å². The van der Waals surface area contributed by atoms with Crippen LogP contribution in [0.1, 0.15) is 10.6 Å². The monoisotopic (exact) mass is 230 g/mol. The van der Waals surface area contributed by atoms with E-state index in [2.05, 4.69) is 21.4 Å². The zero-order valence-electron chi connectivity index (χ0n) is 8.55. The number of nitrogens with zero attached hydrogens (tertiary/aromatic N) is 3. The Labute approximate surface area is 97.6 Å². The number of thiazole rings is 1. The second-order valence-corrected chi connectivity index (χ2v) is 4.17. The molecule has 0 atom stereocenters. The molecule has 0 aromatic carbocycles. The zero-order chi connectivity index (χ0) is 11.2. The van der Waals surface area contributed by atoms with E-state index in [-0.39, 0.29) is 0 Å². The van der Waals surface area contributed by atoms with Crippen molar-refractivity contribution in [2.75, 3.05) is 11.9 Å². The number of aromatic nitrogens is 2. The van der Waals surface area contributed by atoms with Gasteiger partial charge in [-0.3, -0.25) is 4.98 Å². The molecule has 2 aromatic rings. The predicted molar refractivity (Wildman–Crippen MR) is 63.3 cm³/mol. The van der Waals surface area contributed by atoms with E-state index < -0.39 is 0 Å². The maximum absolute atomic E-state index is 8.64. The topological polar surface area (TPSA) is 61.6 Å². The largest absolute Gasteiger partial charge is 0.361 e. The maximum Gasteiger partial charge on any atom is 0.183 e. The Kier molecular flexibility index (Phi) is 3.46. The van der Waals surface area contributed by atoms with E-state index >= 15 is 0 Å². The second kappa shape index (κ2) is 5.24. The van der Waals surface area contributed by atoms with Crippen LogP contribution in [0, 0.1) is 11.3 Å². The number of nitriles is 1. The summed E-state index contributed by atoms with van der Waals surface area (Å²) in [4.78, 5) is 8.93. The highest BCUT2D eigenvalue weighted by molar-refractivity contribution is 7.16. The average Bonchev–Trinajstić information content (AvgIpc) is 2.78. The third-order valence-electron chi connectivity index (χ3n) is 2.00. The molecule has 0 radical (unpaired) electrons. The van der Waals surface area contributed by atoms with Gasteiger partial charge >= 0.3 is 0 Å². The van der Waals surface area contributed by atoms with Crippen molar-refractivity contribution in [2.45, 2.75) is 6.42 Å². The number of hydrogen-bond donors (Lipinski definition) is 1. The Morgan fingerprint density at radius 3 is 3.00 bits per heavy atom. The van der Waals surface area contributed by atoms with E-state index in [1.807, 2.05) is 18.2 Å². The van der Waals surface area contributed by atoms with Gasteiger partial charge in [0.15, 0.2) is 5.13 Å².